The van der Waals surface area contributed by atoms with Gasteiger partial charge in [0.1, 0.15) is 11.3 Å². The number of anilines is 1. The number of hydrogen-bond donors (Lipinski definition) is 0. The third kappa shape index (κ3) is 3.05. The number of methoxy groups -OCH3 is 1. The van der Waals surface area contributed by atoms with E-state index in [0.29, 0.717) is 19.0 Å². The fourth-order valence-electron chi connectivity index (χ4n) is 5.36. The quantitative estimate of drug-likeness (QED) is 0.775. The third-order valence-electron chi connectivity index (χ3n) is 6.75. The second-order valence-electron chi connectivity index (χ2n) is 8.55. The van der Waals surface area contributed by atoms with Crippen molar-refractivity contribution in [2.24, 2.45) is 17.3 Å². The highest BCUT2D eigenvalue weighted by Gasteiger charge is 2.53. The van der Waals surface area contributed by atoms with Crippen molar-refractivity contribution in [2.75, 3.05) is 38.2 Å². The van der Waals surface area contributed by atoms with E-state index in [1.54, 1.807) is 12.6 Å². The number of aromatic nitrogens is 2. The van der Waals surface area contributed by atoms with E-state index in [-0.39, 0.29) is 5.41 Å². The molecule has 3 heterocycles. The molecule has 3 aliphatic rings. The number of amides is 1. The number of carbonyl (C=O) groups is 1. The molecule has 28 heavy (non-hydrogen) atoms. The summed E-state index contributed by atoms with van der Waals surface area (Å²) >= 11 is 1.54. The van der Waals surface area contributed by atoms with Crippen molar-refractivity contribution in [2.45, 2.75) is 25.7 Å². The summed E-state index contributed by atoms with van der Waals surface area (Å²) in [7, 11) is 1.68. The molecule has 0 radical (unpaired) electrons. The van der Waals surface area contributed by atoms with Crippen LogP contribution in [0.3, 0.4) is 0 Å². The van der Waals surface area contributed by atoms with Gasteiger partial charge >= 0.3 is 0 Å². The SMILES string of the molecule is COc1cccc(CC2(C(=O)N3C[C@H]4CCC[C@H]4C3)CN(c3nncs3)C2)c1. The average molecular weight is 399 g/mol. The van der Waals surface area contributed by atoms with Crippen LogP contribution < -0.4 is 9.64 Å². The lowest BCUT2D eigenvalue weighted by Crippen LogP contribution is -2.65. The van der Waals surface area contributed by atoms with E-state index in [0.717, 1.165) is 47.8 Å². The smallest absolute Gasteiger partial charge is 0.232 e. The Morgan fingerprint density at radius 2 is 2.07 bits per heavy atom. The molecular formula is C21H26N4O2S. The zero-order valence-electron chi connectivity index (χ0n) is 16.2. The van der Waals surface area contributed by atoms with Gasteiger partial charge < -0.3 is 14.5 Å². The van der Waals surface area contributed by atoms with Gasteiger partial charge in [0.25, 0.3) is 0 Å². The van der Waals surface area contributed by atoms with Crippen molar-refractivity contribution in [3.63, 3.8) is 0 Å². The van der Waals surface area contributed by atoms with Crippen LogP contribution in [0, 0.1) is 17.3 Å². The predicted molar refractivity (Wildman–Crippen MR) is 109 cm³/mol. The molecule has 0 spiro atoms. The maximum atomic E-state index is 13.7. The Balaban J connectivity index is 1.38. The van der Waals surface area contributed by atoms with E-state index in [1.165, 1.54) is 30.6 Å². The minimum atomic E-state index is -0.378. The van der Waals surface area contributed by atoms with Crippen molar-refractivity contribution in [3.05, 3.63) is 35.3 Å². The largest absolute Gasteiger partial charge is 0.497 e. The topological polar surface area (TPSA) is 58.6 Å². The van der Waals surface area contributed by atoms with E-state index in [1.807, 2.05) is 12.1 Å². The van der Waals surface area contributed by atoms with Crippen molar-refractivity contribution >= 4 is 22.4 Å². The van der Waals surface area contributed by atoms with Crippen LogP contribution in [0.4, 0.5) is 5.13 Å². The summed E-state index contributed by atoms with van der Waals surface area (Å²) in [6.07, 6.45) is 4.64. The van der Waals surface area contributed by atoms with Gasteiger partial charge in [-0.25, -0.2) is 0 Å². The Labute approximate surface area is 169 Å². The van der Waals surface area contributed by atoms with E-state index >= 15 is 0 Å². The molecular weight excluding hydrogens is 372 g/mol. The molecule has 7 heteroatoms. The molecule has 0 unspecified atom stereocenters. The lowest BCUT2D eigenvalue weighted by atomic mass is 9.73. The number of ether oxygens (including phenoxy) is 1. The fourth-order valence-corrected chi connectivity index (χ4v) is 5.92. The second kappa shape index (κ2) is 7.03. The summed E-state index contributed by atoms with van der Waals surface area (Å²) in [6, 6.07) is 8.12. The normalized spacial score (nSPS) is 25.5. The molecule has 1 amide bonds. The maximum Gasteiger partial charge on any atom is 0.232 e. The summed E-state index contributed by atoms with van der Waals surface area (Å²) in [5.74, 6) is 2.61. The minimum absolute atomic E-state index is 0.325. The number of likely N-dealkylation sites (tertiary alicyclic amines) is 1. The number of rotatable bonds is 5. The fraction of sp³-hybridized carbons (Fsp3) is 0.571. The zero-order chi connectivity index (χ0) is 19.1. The summed E-state index contributed by atoms with van der Waals surface area (Å²) in [5, 5.41) is 9.06. The molecule has 1 aromatic heterocycles. The van der Waals surface area contributed by atoms with Crippen LogP contribution >= 0.6 is 11.3 Å². The van der Waals surface area contributed by atoms with Crippen LogP contribution in [0.5, 0.6) is 5.75 Å². The van der Waals surface area contributed by atoms with E-state index in [2.05, 4.69) is 32.1 Å². The number of hydrogen-bond acceptors (Lipinski definition) is 6. The van der Waals surface area contributed by atoms with Crippen LogP contribution in [-0.4, -0.2) is 54.3 Å². The van der Waals surface area contributed by atoms with Gasteiger partial charge in [-0.05, 0) is 48.8 Å². The first-order valence-corrected chi connectivity index (χ1v) is 11.0. The van der Waals surface area contributed by atoms with Crippen molar-refractivity contribution in [1.82, 2.24) is 15.1 Å². The van der Waals surface area contributed by atoms with Crippen molar-refractivity contribution < 1.29 is 9.53 Å². The van der Waals surface area contributed by atoms with Gasteiger partial charge in [0.15, 0.2) is 0 Å². The zero-order valence-corrected chi connectivity index (χ0v) is 17.0. The number of fused-ring (bicyclic) bond motifs is 1. The first-order chi connectivity index (χ1) is 13.7. The Morgan fingerprint density at radius 3 is 2.75 bits per heavy atom. The monoisotopic (exact) mass is 398 g/mol. The van der Waals surface area contributed by atoms with Gasteiger partial charge in [0.2, 0.25) is 11.0 Å². The average Bonchev–Trinajstić information content (AvgIpc) is 3.41. The first kappa shape index (κ1) is 17.9. The first-order valence-electron chi connectivity index (χ1n) is 10.1. The third-order valence-corrected chi connectivity index (χ3v) is 7.50. The standard InChI is InChI=1S/C21H26N4O2S/c1-27-18-7-2-4-15(8-18)9-21(12-25(13-21)20-23-22-14-28-20)19(26)24-10-16-5-3-6-17(16)11-24/h2,4,7-8,14,16-17H,3,5-6,9-13H2,1H3/t16-,17+. The Morgan fingerprint density at radius 1 is 1.29 bits per heavy atom. The Bertz CT molecular complexity index is 838. The Kier molecular flexibility index (Phi) is 4.50. The van der Waals surface area contributed by atoms with Gasteiger partial charge in [0, 0.05) is 26.2 Å². The van der Waals surface area contributed by atoms with E-state index in [4.69, 9.17) is 4.74 Å². The predicted octanol–water partition coefficient (Wildman–Crippen LogP) is 2.85. The molecule has 1 aliphatic carbocycles. The Hall–Kier alpha value is -2.15. The lowest BCUT2D eigenvalue weighted by molar-refractivity contribution is -0.143. The van der Waals surface area contributed by atoms with Crippen LogP contribution in [0.1, 0.15) is 24.8 Å². The van der Waals surface area contributed by atoms with Crippen LogP contribution in [0.25, 0.3) is 0 Å². The molecule has 5 rings (SSSR count). The highest BCUT2D eigenvalue weighted by Crippen LogP contribution is 2.44. The molecule has 2 saturated heterocycles. The summed E-state index contributed by atoms with van der Waals surface area (Å²) in [6.45, 7) is 3.32. The summed E-state index contributed by atoms with van der Waals surface area (Å²) in [5.41, 5.74) is 2.53. The molecule has 2 atom stereocenters. The highest BCUT2D eigenvalue weighted by molar-refractivity contribution is 7.13. The van der Waals surface area contributed by atoms with E-state index < -0.39 is 0 Å². The molecule has 0 bridgehead atoms. The molecule has 3 fully saturated rings. The van der Waals surface area contributed by atoms with Gasteiger partial charge in [0.05, 0.1) is 12.5 Å². The van der Waals surface area contributed by atoms with Gasteiger partial charge in [-0.3, -0.25) is 4.79 Å². The molecule has 0 N–H and O–H groups in total. The van der Waals surface area contributed by atoms with Crippen LogP contribution in [0.2, 0.25) is 0 Å². The molecule has 1 aromatic carbocycles. The van der Waals surface area contributed by atoms with Crippen molar-refractivity contribution in [3.8, 4) is 5.75 Å². The summed E-state index contributed by atoms with van der Waals surface area (Å²) in [4.78, 5) is 18.0. The summed E-state index contributed by atoms with van der Waals surface area (Å²) < 4.78 is 5.39. The van der Waals surface area contributed by atoms with Gasteiger partial charge in [-0.2, -0.15) is 0 Å². The number of benzene rings is 1. The highest BCUT2D eigenvalue weighted by atomic mass is 32.1. The van der Waals surface area contributed by atoms with E-state index in [9.17, 15) is 4.79 Å². The molecule has 6 nitrogen and oxygen atoms in total. The van der Waals surface area contributed by atoms with Gasteiger partial charge in [-0.1, -0.05) is 29.9 Å². The molecule has 2 aromatic rings. The molecule has 2 aliphatic heterocycles. The lowest BCUT2D eigenvalue weighted by Gasteiger charge is -2.50. The maximum absolute atomic E-state index is 13.7. The van der Waals surface area contributed by atoms with Gasteiger partial charge in [-0.15, -0.1) is 10.2 Å². The number of nitrogens with zero attached hydrogens (tertiary/aromatic N) is 4. The molecule has 148 valence electrons. The second-order valence-corrected chi connectivity index (χ2v) is 9.36. The van der Waals surface area contributed by atoms with Crippen molar-refractivity contribution in [1.29, 1.82) is 0 Å². The minimum Gasteiger partial charge on any atom is -0.497 e. The van der Waals surface area contributed by atoms with Crippen LogP contribution in [0.15, 0.2) is 29.8 Å². The number of carbonyl (C=O) groups excluding carboxylic acids is 1. The van der Waals surface area contributed by atoms with Crippen LogP contribution in [-0.2, 0) is 11.2 Å². The molecule has 1 saturated carbocycles.